The van der Waals surface area contributed by atoms with Crippen molar-refractivity contribution in [1.29, 1.82) is 0 Å². The lowest BCUT2D eigenvalue weighted by atomic mass is 9.68. The second kappa shape index (κ2) is 7.90. The molecule has 144 valence electrons. The topological polar surface area (TPSA) is 101 Å². The summed E-state index contributed by atoms with van der Waals surface area (Å²) in [6.07, 6.45) is 5.73. The summed E-state index contributed by atoms with van der Waals surface area (Å²) in [6.45, 7) is 4.12. The fraction of sp³-hybridized carbons (Fsp3) is 0.500. The van der Waals surface area contributed by atoms with Crippen molar-refractivity contribution < 1.29 is 14.5 Å². The third-order valence-corrected chi connectivity index (χ3v) is 5.99. The Labute approximate surface area is 158 Å². The fourth-order valence-corrected chi connectivity index (χ4v) is 4.17. The normalized spacial score (nSPS) is 30.4. The molecule has 1 aliphatic heterocycles. The van der Waals surface area contributed by atoms with E-state index in [1.165, 1.54) is 18.2 Å². The minimum atomic E-state index is -0.456. The largest absolute Gasteiger partial charge is 0.353 e. The molecule has 1 aromatic carbocycles. The minimum Gasteiger partial charge on any atom is -0.353 e. The van der Waals surface area contributed by atoms with Crippen LogP contribution in [-0.2, 0) is 9.59 Å². The summed E-state index contributed by atoms with van der Waals surface area (Å²) in [6, 6.07) is 6.20. The van der Waals surface area contributed by atoms with Crippen molar-refractivity contribution in [2.24, 2.45) is 17.8 Å². The highest BCUT2D eigenvalue weighted by Crippen LogP contribution is 2.37. The molecule has 2 aliphatic rings. The molecule has 1 aromatic rings. The molecule has 5 unspecified atom stereocenters. The molecule has 1 heterocycles. The van der Waals surface area contributed by atoms with Crippen molar-refractivity contribution in [3.8, 4) is 0 Å². The summed E-state index contributed by atoms with van der Waals surface area (Å²) in [5.74, 6) is 0.792. The van der Waals surface area contributed by atoms with Crippen LogP contribution in [0, 0.1) is 27.9 Å². The van der Waals surface area contributed by atoms with Crippen LogP contribution in [-0.4, -0.2) is 28.8 Å². The zero-order valence-electron chi connectivity index (χ0n) is 15.6. The van der Waals surface area contributed by atoms with Crippen LogP contribution in [0.15, 0.2) is 30.3 Å². The molecular weight excluding hydrogens is 346 g/mol. The number of hydrogen-bond acceptors (Lipinski definition) is 4. The van der Waals surface area contributed by atoms with Crippen LogP contribution in [0.4, 0.5) is 5.69 Å². The van der Waals surface area contributed by atoms with Gasteiger partial charge in [0.15, 0.2) is 0 Å². The van der Waals surface area contributed by atoms with E-state index in [0.717, 1.165) is 24.8 Å². The molecule has 1 aliphatic carbocycles. The highest BCUT2D eigenvalue weighted by Gasteiger charge is 2.42. The number of nitro benzene ring substituents is 1. The number of amides is 2. The zero-order chi connectivity index (χ0) is 19.6. The number of carbonyl (C=O) groups is 2. The smallest absolute Gasteiger partial charge is 0.269 e. The number of fused-ring (bicyclic) bond motifs is 1. The van der Waals surface area contributed by atoms with Gasteiger partial charge >= 0.3 is 0 Å². The second-order valence-electron chi connectivity index (χ2n) is 7.63. The summed E-state index contributed by atoms with van der Waals surface area (Å²) >= 11 is 0. The van der Waals surface area contributed by atoms with Crippen LogP contribution in [0.1, 0.15) is 38.7 Å². The predicted octanol–water partition coefficient (Wildman–Crippen LogP) is 2.66. The molecule has 0 aromatic heterocycles. The molecular formula is C20H25N3O4. The Morgan fingerprint density at radius 3 is 2.63 bits per heavy atom. The maximum absolute atomic E-state index is 12.2. The Morgan fingerprint density at radius 1 is 1.26 bits per heavy atom. The monoisotopic (exact) mass is 371 g/mol. The van der Waals surface area contributed by atoms with Crippen molar-refractivity contribution in [3.63, 3.8) is 0 Å². The molecule has 2 N–H and O–H groups in total. The summed E-state index contributed by atoms with van der Waals surface area (Å²) in [7, 11) is 0. The van der Waals surface area contributed by atoms with E-state index in [4.69, 9.17) is 0 Å². The highest BCUT2D eigenvalue weighted by atomic mass is 16.6. The van der Waals surface area contributed by atoms with E-state index in [0.29, 0.717) is 11.8 Å². The van der Waals surface area contributed by atoms with Gasteiger partial charge in [-0.3, -0.25) is 19.7 Å². The molecule has 27 heavy (non-hydrogen) atoms. The molecule has 2 fully saturated rings. The van der Waals surface area contributed by atoms with Crippen molar-refractivity contribution in [2.75, 3.05) is 0 Å². The van der Waals surface area contributed by atoms with Gasteiger partial charge in [-0.05, 0) is 54.9 Å². The molecule has 1 saturated carbocycles. The van der Waals surface area contributed by atoms with Crippen LogP contribution in [0.25, 0.3) is 6.08 Å². The van der Waals surface area contributed by atoms with E-state index in [1.54, 1.807) is 18.2 Å². The molecule has 0 spiro atoms. The van der Waals surface area contributed by atoms with Gasteiger partial charge in [0, 0.05) is 36.2 Å². The maximum atomic E-state index is 12.2. The molecule has 7 heteroatoms. The van der Waals surface area contributed by atoms with Crippen LogP contribution in [0.5, 0.6) is 0 Å². The summed E-state index contributed by atoms with van der Waals surface area (Å²) in [5.41, 5.74) is 0.744. The number of rotatable bonds is 4. The lowest BCUT2D eigenvalue weighted by Gasteiger charge is -2.45. The Hall–Kier alpha value is -2.70. The first-order valence-corrected chi connectivity index (χ1v) is 9.38. The van der Waals surface area contributed by atoms with E-state index < -0.39 is 4.92 Å². The number of non-ortho nitro benzene ring substituents is 1. The SMILES string of the molecule is CC1C(=O)NC2CC(NC(=O)/C=C\c3ccc([N+](=O)[O-])cc3)CCC2C1C. The number of nitrogens with zero attached hydrogens (tertiary/aromatic N) is 1. The molecule has 7 nitrogen and oxygen atoms in total. The molecule has 0 radical (unpaired) electrons. The molecule has 0 bridgehead atoms. The van der Waals surface area contributed by atoms with Gasteiger partial charge in [0.2, 0.25) is 11.8 Å². The lowest BCUT2D eigenvalue weighted by Crippen LogP contribution is -2.57. The van der Waals surface area contributed by atoms with E-state index >= 15 is 0 Å². The van der Waals surface area contributed by atoms with Gasteiger partial charge in [-0.2, -0.15) is 0 Å². The molecule has 1 saturated heterocycles. The first kappa shape index (κ1) is 19.1. The Bertz CT molecular complexity index is 759. The third-order valence-electron chi connectivity index (χ3n) is 5.99. The van der Waals surface area contributed by atoms with Crippen LogP contribution < -0.4 is 10.6 Å². The van der Waals surface area contributed by atoms with Gasteiger partial charge in [0.05, 0.1) is 4.92 Å². The molecule has 5 atom stereocenters. The molecule has 2 amide bonds. The number of benzene rings is 1. The van der Waals surface area contributed by atoms with Gasteiger partial charge < -0.3 is 10.6 Å². The number of nitro groups is 1. The molecule has 3 rings (SSSR count). The van der Waals surface area contributed by atoms with Gasteiger partial charge in [0.25, 0.3) is 5.69 Å². The van der Waals surface area contributed by atoms with E-state index in [1.807, 2.05) is 6.92 Å². The Balaban J connectivity index is 1.54. The van der Waals surface area contributed by atoms with Crippen LogP contribution >= 0.6 is 0 Å². The van der Waals surface area contributed by atoms with E-state index in [9.17, 15) is 19.7 Å². The summed E-state index contributed by atoms with van der Waals surface area (Å²) < 4.78 is 0. The lowest BCUT2D eigenvalue weighted by molar-refractivity contribution is -0.384. The third kappa shape index (κ3) is 4.35. The Morgan fingerprint density at radius 2 is 1.96 bits per heavy atom. The van der Waals surface area contributed by atoms with Gasteiger partial charge in [-0.25, -0.2) is 0 Å². The standard InChI is InChI=1S/C20H25N3O4/c1-12-13(2)20(25)22-18-11-15(6-9-17(12)18)21-19(24)10-5-14-3-7-16(8-4-14)23(26)27/h3-5,7-8,10,12-13,15,17-18H,6,9,11H2,1-2H3,(H,21,24)(H,22,25)/b10-5-. The second-order valence-corrected chi connectivity index (χ2v) is 7.63. The average molecular weight is 371 g/mol. The quantitative estimate of drug-likeness (QED) is 0.483. The highest BCUT2D eigenvalue weighted by molar-refractivity contribution is 5.92. The average Bonchev–Trinajstić information content (AvgIpc) is 2.65. The zero-order valence-corrected chi connectivity index (χ0v) is 15.6. The summed E-state index contributed by atoms with van der Waals surface area (Å²) in [4.78, 5) is 34.5. The van der Waals surface area contributed by atoms with Gasteiger partial charge in [-0.15, -0.1) is 0 Å². The number of nitrogens with one attached hydrogen (secondary N) is 2. The van der Waals surface area contributed by atoms with Gasteiger partial charge in [-0.1, -0.05) is 13.8 Å². The van der Waals surface area contributed by atoms with Crippen molar-refractivity contribution in [2.45, 2.75) is 45.2 Å². The van der Waals surface area contributed by atoms with Gasteiger partial charge in [0.1, 0.15) is 0 Å². The number of carbonyl (C=O) groups excluding carboxylic acids is 2. The van der Waals surface area contributed by atoms with Crippen LogP contribution in [0.2, 0.25) is 0 Å². The Kier molecular flexibility index (Phi) is 5.58. The van der Waals surface area contributed by atoms with Crippen molar-refractivity contribution in [3.05, 3.63) is 46.0 Å². The maximum Gasteiger partial charge on any atom is 0.269 e. The fourth-order valence-electron chi connectivity index (χ4n) is 4.17. The van der Waals surface area contributed by atoms with Crippen molar-refractivity contribution in [1.82, 2.24) is 10.6 Å². The van der Waals surface area contributed by atoms with E-state index in [2.05, 4.69) is 17.6 Å². The number of hydrogen-bond donors (Lipinski definition) is 2. The first-order valence-electron chi connectivity index (χ1n) is 9.38. The van der Waals surface area contributed by atoms with Crippen molar-refractivity contribution >= 4 is 23.6 Å². The summed E-state index contributed by atoms with van der Waals surface area (Å²) in [5, 5.41) is 16.8. The minimum absolute atomic E-state index is 0.0198. The van der Waals surface area contributed by atoms with Crippen LogP contribution in [0.3, 0.4) is 0 Å². The predicted molar refractivity (Wildman–Crippen MR) is 102 cm³/mol. The number of piperidine rings is 1. The first-order chi connectivity index (χ1) is 12.8. The van der Waals surface area contributed by atoms with E-state index in [-0.39, 0.29) is 35.5 Å².